The summed E-state index contributed by atoms with van der Waals surface area (Å²) in [5.41, 5.74) is 5.31. The van der Waals surface area contributed by atoms with Gasteiger partial charge in [0, 0.05) is 25.2 Å². The molecule has 0 radical (unpaired) electrons. The van der Waals surface area contributed by atoms with Gasteiger partial charge in [-0.15, -0.1) is 0 Å². The highest BCUT2D eigenvalue weighted by Crippen LogP contribution is 2.21. The van der Waals surface area contributed by atoms with Crippen LogP contribution in [0, 0.1) is 5.92 Å². The molecule has 0 aromatic carbocycles. The van der Waals surface area contributed by atoms with Crippen LogP contribution in [-0.4, -0.2) is 40.5 Å². The number of pyridine rings is 1. The number of carbonyl (C=O) groups excluding carboxylic acids is 1. The Kier molecular flexibility index (Phi) is 4.21. The molecule has 1 saturated heterocycles. The Morgan fingerprint density at radius 1 is 1.53 bits per heavy atom. The number of H-pyrrole nitrogens is 1. The van der Waals surface area contributed by atoms with E-state index in [1.807, 2.05) is 0 Å². The van der Waals surface area contributed by atoms with Crippen LogP contribution in [0.4, 0.5) is 0 Å². The number of likely N-dealkylation sites (tertiary alicyclic amines) is 1. The fourth-order valence-electron chi connectivity index (χ4n) is 2.56. The van der Waals surface area contributed by atoms with Crippen molar-refractivity contribution in [3.8, 4) is 5.88 Å². The lowest BCUT2D eigenvalue weighted by Gasteiger charge is -2.32. The molecule has 4 N–H and O–H groups in total. The van der Waals surface area contributed by atoms with Crippen molar-refractivity contribution in [1.29, 1.82) is 0 Å². The molecule has 1 aromatic heterocycles. The number of amides is 1. The van der Waals surface area contributed by atoms with Gasteiger partial charge in [0.05, 0.1) is 5.56 Å². The van der Waals surface area contributed by atoms with E-state index in [1.165, 1.54) is 12.1 Å². The summed E-state index contributed by atoms with van der Waals surface area (Å²) in [6.45, 7) is 1.98. The fraction of sp³-hybridized carbons (Fsp3) is 0.538. The van der Waals surface area contributed by atoms with Crippen molar-refractivity contribution < 1.29 is 9.90 Å². The van der Waals surface area contributed by atoms with Gasteiger partial charge in [0.2, 0.25) is 0 Å². The van der Waals surface area contributed by atoms with E-state index in [2.05, 4.69) is 4.98 Å². The largest absolute Gasteiger partial charge is 0.494 e. The van der Waals surface area contributed by atoms with Crippen molar-refractivity contribution >= 4 is 5.91 Å². The normalized spacial score (nSPS) is 19.4. The minimum atomic E-state index is -0.473. The van der Waals surface area contributed by atoms with E-state index in [4.69, 9.17) is 5.73 Å². The van der Waals surface area contributed by atoms with Crippen molar-refractivity contribution in [2.75, 3.05) is 19.6 Å². The van der Waals surface area contributed by atoms with E-state index >= 15 is 0 Å². The lowest BCUT2D eigenvalue weighted by molar-refractivity contribution is 0.0669. The van der Waals surface area contributed by atoms with Gasteiger partial charge in [-0.2, -0.15) is 0 Å². The van der Waals surface area contributed by atoms with Crippen molar-refractivity contribution in [3.63, 3.8) is 0 Å². The Morgan fingerprint density at radius 2 is 2.32 bits per heavy atom. The SMILES string of the molecule is NCCC1CCCN(C(=O)c2cc(O)[nH]c(=O)c2)C1. The van der Waals surface area contributed by atoms with Gasteiger partial charge in [-0.25, -0.2) is 0 Å². The molecule has 1 unspecified atom stereocenters. The summed E-state index contributed by atoms with van der Waals surface area (Å²) in [5, 5.41) is 9.33. The van der Waals surface area contributed by atoms with Crippen molar-refractivity contribution in [3.05, 3.63) is 28.0 Å². The predicted octanol–water partition coefficient (Wildman–Crippen LogP) is 0.282. The monoisotopic (exact) mass is 265 g/mol. The number of aromatic amines is 1. The van der Waals surface area contributed by atoms with Crippen LogP contribution < -0.4 is 11.3 Å². The van der Waals surface area contributed by atoms with Crippen LogP contribution in [0.5, 0.6) is 5.88 Å². The van der Waals surface area contributed by atoms with E-state index < -0.39 is 5.56 Å². The molecule has 0 aliphatic carbocycles. The molecule has 6 nitrogen and oxygen atoms in total. The zero-order valence-electron chi connectivity index (χ0n) is 10.8. The van der Waals surface area contributed by atoms with Crippen molar-refractivity contribution in [2.45, 2.75) is 19.3 Å². The molecule has 104 valence electrons. The molecule has 0 spiro atoms. The summed E-state index contributed by atoms with van der Waals surface area (Å²) in [4.78, 5) is 27.5. The number of hydrogen-bond acceptors (Lipinski definition) is 4. The lowest BCUT2D eigenvalue weighted by atomic mass is 9.94. The number of rotatable bonds is 3. The van der Waals surface area contributed by atoms with Crippen LogP contribution in [0.3, 0.4) is 0 Å². The molecule has 1 aromatic rings. The highest BCUT2D eigenvalue weighted by atomic mass is 16.3. The van der Waals surface area contributed by atoms with Gasteiger partial charge in [-0.05, 0) is 31.7 Å². The zero-order chi connectivity index (χ0) is 13.8. The molecule has 1 atom stereocenters. The number of nitrogens with two attached hydrogens (primary N) is 1. The number of hydrogen-bond donors (Lipinski definition) is 3. The molecular weight excluding hydrogens is 246 g/mol. The molecule has 1 aliphatic rings. The molecule has 0 bridgehead atoms. The number of nitrogens with zero attached hydrogens (tertiary/aromatic N) is 1. The first kappa shape index (κ1) is 13.6. The van der Waals surface area contributed by atoms with E-state index in [0.717, 1.165) is 19.3 Å². The number of piperidine rings is 1. The summed E-state index contributed by atoms with van der Waals surface area (Å²) in [5.74, 6) is -0.0622. The third-order valence-electron chi connectivity index (χ3n) is 3.46. The Bertz CT molecular complexity index is 510. The number of aromatic nitrogens is 1. The second-order valence-corrected chi connectivity index (χ2v) is 4.96. The Morgan fingerprint density at radius 3 is 3.00 bits per heavy atom. The van der Waals surface area contributed by atoms with Gasteiger partial charge in [-0.1, -0.05) is 0 Å². The molecule has 1 amide bonds. The summed E-state index contributed by atoms with van der Waals surface area (Å²) < 4.78 is 0. The lowest BCUT2D eigenvalue weighted by Crippen LogP contribution is -2.40. The van der Waals surface area contributed by atoms with E-state index in [-0.39, 0.29) is 17.4 Å². The molecule has 6 heteroatoms. The smallest absolute Gasteiger partial charge is 0.254 e. The third-order valence-corrected chi connectivity index (χ3v) is 3.46. The Hall–Kier alpha value is -1.82. The van der Waals surface area contributed by atoms with Crippen LogP contribution in [0.25, 0.3) is 0 Å². The summed E-state index contributed by atoms with van der Waals surface area (Å²) >= 11 is 0. The maximum Gasteiger partial charge on any atom is 0.254 e. The van der Waals surface area contributed by atoms with Crippen LogP contribution in [-0.2, 0) is 0 Å². The van der Waals surface area contributed by atoms with Crippen molar-refractivity contribution in [2.24, 2.45) is 11.7 Å². The molecule has 2 heterocycles. The zero-order valence-corrected chi connectivity index (χ0v) is 10.8. The van der Waals surface area contributed by atoms with Crippen LogP contribution >= 0.6 is 0 Å². The molecular formula is C13H19N3O3. The molecule has 0 saturated carbocycles. The van der Waals surface area contributed by atoms with E-state index in [9.17, 15) is 14.7 Å². The van der Waals surface area contributed by atoms with Gasteiger partial charge in [-0.3, -0.25) is 14.6 Å². The van der Waals surface area contributed by atoms with Crippen LogP contribution in [0.15, 0.2) is 16.9 Å². The second-order valence-electron chi connectivity index (χ2n) is 4.96. The van der Waals surface area contributed by atoms with Gasteiger partial charge >= 0.3 is 0 Å². The first-order valence-corrected chi connectivity index (χ1v) is 6.53. The maximum atomic E-state index is 12.3. The minimum absolute atomic E-state index is 0.205. The highest BCUT2D eigenvalue weighted by molar-refractivity contribution is 5.94. The summed E-state index contributed by atoms with van der Waals surface area (Å²) in [6.07, 6.45) is 2.94. The quantitative estimate of drug-likeness (QED) is 0.731. The minimum Gasteiger partial charge on any atom is -0.494 e. The van der Waals surface area contributed by atoms with Crippen LogP contribution in [0.2, 0.25) is 0 Å². The van der Waals surface area contributed by atoms with Gasteiger partial charge in [0.1, 0.15) is 0 Å². The Balaban J connectivity index is 2.12. The topological polar surface area (TPSA) is 99.4 Å². The molecule has 19 heavy (non-hydrogen) atoms. The number of carbonyl (C=O) groups is 1. The third kappa shape index (κ3) is 3.35. The Labute approximate surface area is 111 Å². The summed E-state index contributed by atoms with van der Waals surface area (Å²) in [7, 11) is 0. The second kappa shape index (κ2) is 5.88. The first-order chi connectivity index (χ1) is 9.10. The fourth-order valence-corrected chi connectivity index (χ4v) is 2.56. The van der Waals surface area contributed by atoms with Crippen molar-refractivity contribution in [1.82, 2.24) is 9.88 Å². The molecule has 2 rings (SSSR count). The predicted molar refractivity (Wildman–Crippen MR) is 71.0 cm³/mol. The van der Waals surface area contributed by atoms with Crippen LogP contribution in [0.1, 0.15) is 29.6 Å². The maximum absolute atomic E-state index is 12.3. The average molecular weight is 265 g/mol. The van der Waals surface area contributed by atoms with Gasteiger partial charge in [0.25, 0.3) is 11.5 Å². The standard InChI is InChI=1S/C13H19N3O3/c14-4-3-9-2-1-5-16(8-9)13(19)10-6-11(17)15-12(18)7-10/h6-7,9H,1-5,8,14H2,(H2,15,17,18). The average Bonchev–Trinajstić information content (AvgIpc) is 2.37. The van der Waals surface area contributed by atoms with E-state index in [1.54, 1.807) is 4.90 Å². The molecule has 1 aliphatic heterocycles. The van der Waals surface area contributed by atoms with Gasteiger partial charge in [0.15, 0.2) is 5.88 Å². The van der Waals surface area contributed by atoms with Gasteiger partial charge < -0.3 is 15.7 Å². The molecule has 1 fully saturated rings. The summed E-state index contributed by atoms with van der Waals surface area (Å²) in [6, 6.07) is 2.50. The van der Waals surface area contributed by atoms with E-state index in [0.29, 0.717) is 25.6 Å². The first-order valence-electron chi connectivity index (χ1n) is 6.53. The number of aromatic hydroxyl groups is 1. The highest BCUT2D eigenvalue weighted by Gasteiger charge is 2.24. The number of nitrogens with one attached hydrogen (secondary N) is 1.